The first-order valence-electron chi connectivity index (χ1n) is 6.99. The van der Waals surface area contributed by atoms with Crippen LogP contribution >= 0.6 is 0 Å². The minimum absolute atomic E-state index is 0.245. The molecule has 1 aliphatic rings. The molecule has 0 radical (unpaired) electrons. The molecule has 0 unspecified atom stereocenters. The maximum atomic E-state index is 12.3. The van der Waals surface area contributed by atoms with Crippen molar-refractivity contribution in [3.63, 3.8) is 0 Å². The van der Waals surface area contributed by atoms with Gasteiger partial charge in [0.05, 0.1) is 10.8 Å². The molecule has 3 aromatic rings. The molecule has 0 bridgehead atoms. The second-order valence-corrected chi connectivity index (χ2v) is 5.15. The van der Waals surface area contributed by atoms with Crippen molar-refractivity contribution in [1.82, 2.24) is 15.4 Å². The molecular weight excluding hydrogens is 292 g/mol. The van der Waals surface area contributed by atoms with E-state index in [1.165, 1.54) is 0 Å². The summed E-state index contributed by atoms with van der Waals surface area (Å²) < 4.78 is 0. The predicted molar refractivity (Wildman–Crippen MR) is 87.7 cm³/mol. The van der Waals surface area contributed by atoms with Crippen molar-refractivity contribution < 1.29 is 4.84 Å². The number of nitrogens with zero attached hydrogens (tertiary/aromatic N) is 2. The van der Waals surface area contributed by atoms with Crippen molar-refractivity contribution in [3.8, 4) is 0 Å². The van der Waals surface area contributed by atoms with Gasteiger partial charge in [0.15, 0.2) is 5.82 Å². The third-order valence-corrected chi connectivity index (χ3v) is 3.53. The van der Waals surface area contributed by atoms with E-state index in [-0.39, 0.29) is 5.56 Å². The van der Waals surface area contributed by atoms with Crippen molar-refractivity contribution in [1.29, 1.82) is 0 Å². The Bertz CT molecular complexity index is 1100. The third kappa shape index (κ3) is 2.36. The SMILES string of the molecule is C=c1ccc2cc(=C3N=C(c4cccnc4)ON3)c(=O)[nH]c2c1. The average Bonchev–Trinajstić information content (AvgIpc) is 3.05. The monoisotopic (exact) mass is 304 g/mol. The Morgan fingerprint density at radius 3 is 2.91 bits per heavy atom. The van der Waals surface area contributed by atoms with Crippen molar-refractivity contribution >= 4 is 29.2 Å². The van der Waals surface area contributed by atoms with Gasteiger partial charge in [0.2, 0.25) is 0 Å². The number of hydrogen-bond donors (Lipinski definition) is 2. The summed E-state index contributed by atoms with van der Waals surface area (Å²) in [6.45, 7) is 3.86. The Balaban J connectivity index is 1.91. The Kier molecular flexibility index (Phi) is 2.94. The van der Waals surface area contributed by atoms with E-state index >= 15 is 0 Å². The number of aromatic nitrogens is 2. The Morgan fingerprint density at radius 2 is 2.09 bits per heavy atom. The molecule has 1 aromatic carbocycles. The fraction of sp³-hybridized carbons (Fsp3) is 0. The van der Waals surface area contributed by atoms with Gasteiger partial charge in [-0.05, 0) is 34.9 Å². The highest BCUT2D eigenvalue weighted by Gasteiger charge is 2.16. The molecule has 0 fully saturated rings. The lowest BCUT2D eigenvalue weighted by atomic mass is 10.2. The largest absolute Gasteiger partial charge is 0.359 e. The Labute approximate surface area is 130 Å². The summed E-state index contributed by atoms with van der Waals surface area (Å²) >= 11 is 0. The van der Waals surface area contributed by atoms with E-state index in [2.05, 4.69) is 27.0 Å². The number of aliphatic imine (C=N–C) groups is 1. The first-order valence-corrected chi connectivity index (χ1v) is 6.99. The molecule has 6 heteroatoms. The maximum Gasteiger partial charge on any atom is 0.259 e. The lowest BCUT2D eigenvalue weighted by Gasteiger charge is -1.99. The molecule has 2 aromatic heterocycles. The van der Waals surface area contributed by atoms with Gasteiger partial charge < -0.3 is 9.82 Å². The first-order chi connectivity index (χ1) is 11.2. The van der Waals surface area contributed by atoms with Crippen LogP contribution in [0.5, 0.6) is 0 Å². The van der Waals surface area contributed by atoms with Crippen LogP contribution in [-0.4, -0.2) is 15.9 Å². The van der Waals surface area contributed by atoms with Crippen LogP contribution in [0.2, 0.25) is 0 Å². The summed E-state index contributed by atoms with van der Waals surface area (Å²) in [5.41, 5.74) is 3.91. The van der Waals surface area contributed by atoms with Crippen LogP contribution in [0.4, 0.5) is 0 Å². The molecule has 0 aliphatic carbocycles. The molecule has 0 amide bonds. The van der Waals surface area contributed by atoms with Gasteiger partial charge in [-0.2, -0.15) is 4.99 Å². The topological polar surface area (TPSA) is 79.4 Å². The van der Waals surface area contributed by atoms with Gasteiger partial charge >= 0.3 is 0 Å². The molecule has 112 valence electrons. The summed E-state index contributed by atoms with van der Waals surface area (Å²) in [6.07, 6.45) is 3.31. The van der Waals surface area contributed by atoms with Crippen LogP contribution in [-0.2, 0) is 4.84 Å². The highest BCUT2D eigenvalue weighted by Crippen LogP contribution is 2.10. The Hall–Kier alpha value is -3.41. The molecule has 3 heterocycles. The molecule has 0 saturated heterocycles. The summed E-state index contributed by atoms with van der Waals surface area (Å²) in [7, 11) is 0. The number of hydroxylamine groups is 1. The number of aromatic amines is 1. The van der Waals surface area contributed by atoms with E-state index in [0.717, 1.165) is 21.7 Å². The van der Waals surface area contributed by atoms with Crippen LogP contribution in [0.1, 0.15) is 5.56 Å². The molecule has 1 aliphatic heterocycles. The van der Waals surface area contributed by atoms with E-state index in [4.69, 9.17) is 4.84 Å². The van der Waals surface area contributed by atoms with Crippen LogP contribution in [0.25, 0.3) is 23.3 Å². The second kappa shape index (κ2) is 5.10. The van der Waals surface area contributed by atoms with E-state index in [1.807, 2.05) is 24.3 Å². The predicted octanol–water partition coefficient (Wildman–Crippen LogP) is 0.381. The minimum Gasteiger partial charge on any atom is -0.359 e. The van der Waals surface area contributed by atoms with Gasteiger partial charge in [-0.25, -0.2) is 5.48 Å². The molecule has 0 saturated carbocycles. The second-order valence-electron chi connectivity index (χ2n) is 5.15. The lowest BCUT2D eigenvalue weighted by Crippen LogP contribution is -2.31. The van der Waals surface area contributed by atoms with Gasteiger partial charge in [0, 0.05) is 17.9 Å². The summed E-state index contributed by atoms with van der Waals surface area (Å²) in [5.74, 6) is 0.742. The zero-order valence-corrected chi connectivity index (χ0v) is 12.0. The van der Waals surface area contributed by atoms with Crippen LogP contribution < -0.4 is 21.5 Å². The number of hydrogen-bond acceptors (Lipinski definition) is 5. The van der Waals surface area contributed by atoms with Gasteiger partial charge in [0.25, 0.3) is 11.5 Å². The number of nitrogens with one attached hydrogen (secondary N) is 2. The summed E-state index contributed by atoms with van der Waals surface area (Å²) in [4.78, 5) is 28.9. The molecule has 0 atom stereocenters. The zero-order valence-electron chi connectivity index (χ0n) is 12.0. The van der Waals surface area contributed by atoms with Crippen LogP contribution in [0.3, 0.4) is 0 Å². The highest BCUT2D eigenvalue weighted by molar-refractivity contribution is 5.97. The van der Waals surface area contributed by atoms with Gasteiger partial charge in [0.1, 0.15) is 0 Å². The van der Waals surface area contributed by atoms with Crippen molar-refractivity contribution in [2.45, 2.75) is 0 Å². The van der Waals surface area contributed by atoms with Gasteiger partial charge in [-0.3, -0.25) is 9.78 Å². The van der Waals surface area contributed by atoms with Crippen molar-refractivity contribution in [3.05, 3.63) is 75.1 Å². The van der Waals surface area contributed by atoms with Crippen molar-refractivity contribution in [2.24, 2.45) is 4.99 Å². The number of rotatable bonds is 1. The minimum atomic E-state index is -0.245. The van der Waals surface area contributed by atoms with Gasteiger partial charge in [-0.1, -0.05) is 18.7 Å². The molecule has 4 rings (SSSR count). The van der Waals surface area contributed by atoms with E-state index in [1.54, 1.807) is 24.5 Å². The maximum absolute atomic E-state index is 12.3. The average molecular weight is 304 g/mol. The van der Waals surface area contributed by atoms with E-state index in [9.17, 15) is 4.79 Å². The Morgan fingerprint density at radius 1 is 1.17 bits per heavy atom. The lowest BCUT2D eigenvalue weighted by molar-refractivity contribution is 0.255. The summed E-state index contributed by atoms with van der Waals surface area (Å²) in [5, 5.41) is 2.15. The molecule has 6 nitrogen and oxygen atoms in total. The fourth-order valence-corrected chi connectivity index (χ4v) is 2.40. The molecule has 0 spiro atoms. The van der Waals surface area contributed by atoms with Crippen LogP contribution in [0, 0.1) is 0 Å². The standard InChI is InChI=1S/C17H12N4O2/c1-10-4-5-11-8-13(16(22)19-14(11)7-10)15-20-17(23-21-15)12-3-2-6-18-9-12/h2-9,21H,1H2,(H,19,22). The zero-order chi connectivity index (χ0) is 15.8. The normalized spacial score (nSPS) is 15.9. The quantitative estimate of drug-likeness (QED) is 0.681. The summed E-state index contributed by atoms with van der Waals surface area (Å²) in [6, 6.07) is 11.0. The molecule has 2 N–H and O–H groups in total. The number of benzene rings is 1. The number of H-pyrrole nitrogens is 1. The van der Waals surface area contributed by atoms with E-state index in [0.29, 0.717) is 16.9 Å². The molecule has 23 heavy (non-hydrogen) atoms. The fourth-order valence-electron chi connectivity index (χ4n) is 2.40. The smallest absolute Gasteiger partial charge is 0.259 e. The first kappa shape index (κ1) is 13.3. The van der Waals surface area contributed by atoms with Crippen molar-refractivity contribution in [2.75, 3.05) is 0 Å². The van der Waals surface area contributed by atoms with E-state index < -0.39 is 0 Å². The number of pyridine rings is 2. The van der Waals surface area contributed by atoms with Crippen LogP contribution in [0.15, 0.2) is 58.6 Å². The highest BCUT2D eigenvalue weighted by atomic mass is 16.7. The van der Waals surface area contributed by atoms with Gasteiger partial charge in [-0.15, -0.1) is 0 Å². The third-order valence-electron chi connectivity index (χ3n) is 3.53. The number of fused-ring (bicyclic) bond motifs is 1. The molecular formula is C17H12N4O2.